The monoisotopic (exact) mass is 551 g/mol. The van der Waals surface area contributed by atoms with Crippen molar-refractivity contribution in [1.82, 2.24) is 14.7 Å². The van der Waals surface area contributed by atoms with Crippen LogP contribution >= 0.6 is 0 Å². The highest BCUT2D eigenvalue weighted by Gasteiger charge is 2.59. The predicted octanol–water partition coefficient (Wildman–Crippen LogP) is 4.22. The summed E-state index contributed by atoms with van der Waals surface area (Å²) in [6.45, 7) is 5.56. The van der Waals surface area contributed by atoms with Gasteiger partial charge in [0.05, 0.1) is 11.0 Å². The second kappa shape index (κ2) is 10.5. The van der Waals surface area contributed by atoms with Crippen LogP contribution in [0.25, 0.3) is 0 Å². The fourth-order valence-corrected chi connectivity index (χ4v) is 7.30. The van der Waals surface area contributed by atoms with E-state index in [1.807, 2.05) is 73.3 Å². The van der Waals surface area contributed by atoms with Gasteiger partial charge in [-0.05, 0) is 35.4 Å². The fourth-order valence-electron chi connectivity index (χ4n) is 7.30. The van der Waals surface area contributed by atoms with Gasteiger partial charge in [0.2, 0.25) is 11.8 Å². The molecule has 3 saturated heterocycles. The summed E-state index contributed by atoms with van der Waals surface area (Å²) in [5.74, 6) is -1.23. The van der Waals surface area contributed by atoms with Crippen LogP contribution in [0.3, 0.4) is 0 Å². The summed E-state index contributed by atoms with van der Waals surface area (Å²) in [7, 11) is 0. The number of aliphatic carboxylic acids is 1. The average molecular weight is 552 g/mol. The lowest BCUT2D eigenvalue weighted by atomic mass is 9.76. The highest BCUT2D eigenvalue weighted by atomic mass is 16.4. The molecule has 7 heteroatoms. The van der Waals surface area contributed by atoms with Crippen LogP contribution in [0.5, 0.6) is 0 Å². The minimum Gasteiger partial charge on any atom is -0.480 e. The zero-order valence-electron chi connectivity index (χ0n) is 23.6. The molecule has 212 valence electrons. The van der Waals surface area contributed by atoms with Crippen molar-refractivity contribution in [2.24, 2.45) is 11.3 Å². The van der Waals surface area contributed by atoms with Gasteiger partial charge in [-0.25, -0.2) is 4.79 Å². The number of likely N-dealkylation sites (tertiary alicyclic amines) is 2. The highest BCUT2D eigenvalue weighted by Crippen LogP contribution is 2.49. The number of hydrogen-bond acceptors (Lipinski definition) is 4. The van der Waals surface area contributed by atoms with Crippen molar-refractivity contribution >= 4 is 17.8 Å². The normalized spacial score (nSPS) is 24.7. The van der Waals surface area contributed by atoms with Crippen molar-refractivity contribution in [3.8, 4) is 0 Å². The molecule has 3 unspecified atom stereocenters. The maximum atomic E-state index is 14.1. The van der Waals surface area contributed by atoms with E-state index in [2.05, 4.69) is 41.3 Å². The Bertz CT molecular complexity index is 1330. The standard InChI is InChI=1S/C34H37N3O4/c1-24(2)29(31(39)40)36-21-19-33(32(36)41)18-20-35(23-33)30(38)28-22-37(28)34(25-12-6-3-7-13-25,26-14-8-4-9-15-26)27-16-10-5-11-17-27/h3-17,24,28-29H,18-23H2,1-2H3,(H,39,40)/t28?,29?,33-,37?/m0/s1. The Hall–Kier alpha value is -3.97. The van der Waals surface area contributed by atoms with Crippen LogP contribution in [0.2, 0.25) is 0 Å². The first-order valence-corrected chi connectivity index (χ1v) is 14.6. The molecule has 6 rings (SSSR count). The van der Waals surface area contributed by atoms with E-state index in [0.717, 1.165) is 16.7 Å². The number of carbonyl (C=O) groups excluding carboxylic acids is 2. The van der Waals surface area contributed by atoms with Gasteiger partial charge in [-0.15, -0.1) is 0 Å². The van der Waals surface area contributed by atoms with E-state index in [9.17, 15) is 19.5 Å². The Morgan fingerprint density at radius 2 is 1.32 bits per heavy atom. The van der Waals surface area contributed by atoms with Gasteiger partial charge >= 0.3 is 5.97 Å². The molecule has 3 aliphatic rings. The molecule has 3 aliphatic heterocycles. The number of benzene rings is 3. The average Bonchev–Trinajstić information content (AvgIpc) is 3.57. The Kier molecular flexibility index (Phi) is 6.94. The Balaban J connectivity index is 1.29. The van der Waals surface area contributed by atoms with E-state index in [1.54, 1.807) is 0 Å². The van der Waals surface area contributed by atoms with E-state index in [0.29, 0.717) is 39.0 Å². The molecule has 1 spiro atoms. The third-order valence-corrected chi connectivity index (χ3v) is 9.33. The minimum atomic E-state index is -0.968. The SMILES string of the molecule is CC(C)C(C(=O)O)N1CC[C@]2(CCN(C(=O)C3CN3C(c3ccccc3)(c3ccccc3)c3ccccc3)C2)C1=O. The summed E-state index contributed by atoms with van der Waals surface area (Å²) in [5.41, 5.74) is 1.96. The van der Waals surface area contributed by atoms with E-state index in [1.165, 1.54) is 4.90 Å². The van der Waals surface area contributed by atoms with Crippen molar-refractivity contribution in [3.05, 3.63) is 108 Å². The molecular weight excluding hydrogens is 514 g/mol. The second-order valence-electron chi connectivity index (χ2n) is 12.0. The molecule has 0 aliphatic carbocycles. The molecular formula is C34H37N3O4. The van der Waals surface area contributed by atoms with Gasteiger partial charge in [0.25, 0.3) is 0 Å². The summed E-state index contributed by atoms with van der Waals surface area (Å²) in [6, 6.07) is 29.9. The third kappa shape index (κ3) is 4.43. The smallest absolute Gasteiger partial charge is 0.326 e. The van der Waals surface area contributed by atoms with Crippen LogP contribution in [-0.2, 0) is 19.9 Å². The molecule has 4 atom stereocenters. The van der Waals surface area contributed by atoms with Crippen molar-refractivity contribution in [2.45, 2.75) is 44.3 Å². The first-order valence-electron chi connectivity index (χ1n) is 14.6. The summed E-state index contributed by atoms with van der Waals surface area (Å²) < 4.78 is 0. The predicted molar refractivity (Wildman–Crippen MR) is 156 cm³/mol. The number of rotatable bonds is 8. The van der Waals surface area contributed by atoms with Gasteiger partial charge in [0.15, 0.2) is 0 Å². The first-order chi connectivity index (χ1) is 19.8. The quantitative estimate of drug-likeness (QED) is 0.335. The molecule has 3 aromatic rings. The molecule has 7 nitrogen and oxygen atoms in total. The van der Waals surface area contributed by atoms with E-state index < -0.39 is 23.0 Å². The fraction of sp³-hybridized carbons (Fsp3) is 0.382. The molecule has 0 saturated carbocycles. The molecule has 41 heavy (non-hydrogen) atoms. The van der Waals surface area contributed by atoms with Crippen LogP contribution in [-0.4, -0.2) is 75.9 Å². The van der Waals surface area contributed by atoms with Gasteiger partial charge < -0.3 is 14.9 Å². The molecule has 1 N–H and O–H groups in total. The van der Waals surface area contributed by atoms with Gasteiger partial charge in [0, 0.05) is 26.2 Å². The molecule has 0 bridgehead atoms. The molecule has 0 aromatic heterocycles. The topological polar surface area (TPSA) is 80.9 Å². The second-order valence-corrected chi connectivity index (χ2v) is 12.0. The first kappa shape index (κ1) is 27.2. The molecule has 2 amide bonds. The summed E-state index contributed by atoms with van der Waals surface area (Å²) >= 11 is 0. The summed E-state index contributed by atoms with van der Waals surface area (Å²) in [5, 5.41) is 9.80. The zero-order valence-corrected chi connectivity index (χ0v) is 23.6. The lowest BCUT2D eigenvalue weighted by Crippen LogP contribution is -2.48. The van der Waals surface area contributed by atoms with Crippen LogP contribution in [0.15, 0.2) is 91.0 Å². The van der Waals surface area contributed by atoms with Crippen LogP contribution in [0, 0.1) is 11.3 Å². The van der Waals surface area contributed by atoms with Crippen LogP contribution in [0.4, 0.5) is 0 Å². The number of nitrogens with zero attached hydrogens (tertiary/aromatic N) is 3. The molecule has 3 heterocycles. The highest BCUT2D eigenvalue weighted by molar-refractivity contribution is 5.92. The lowest BCUT2D eigenvalue weighted by molar-refractivity contribution is -0.152. The van der Waals surface area contributed by atoms with Crippen LogP contribution in [0.1, 0.15) is 43.4 Å². The van der Waals surface area contributed by atoms with Crippen molar-refractivity contribution < 1.29 is 19.5 Å². The van der Waals surface area contributed by atoms with Gasteiger partial charge in [-0.1, -0.05) is 105 Å². The van der Waals surface area contributed by atoms with E-state index >= 15 is 0 Å². The van der Waals surface area contributed by atoms with E-state index in [-0.39, 0.29) is 23.8 Å². The maximum absolute atomic E-state index is 14.1. The molecule has 3 aromatic carbocycles. The number of carbonyl (C=O) groups is 3. The maximum Gasteiger partial charge on any atom is 0.326 e. The van der Waals surface area contributed by atoms with E-state index in [4.69, 9.17) is 0 Å². The Morgan fingerprint density at radius 3 is 1.78 bits per heavy atom. The number of amides is 2. The summed E-state index contributed by atoms with van der Waals surface area (Å²) in [4.78, 5) is 45.4. The Morgan fingerprint density at radius 1 is 0.829 bits per heavy atom. The van der Waals surface area contributed by atoms with Crippen LogP contribution < -0.4 is 0 Å². The van der Waals surface area contributed by atoms with Gasteiger partial charge in [-0.3, -0.25) is 14.5 Å². The molecule has 0 radical (unpaired) electrons. The Labute approximate surface area is 241 Å². The molecule has 3 fully saturated rings. The number of hydrogen-bond donors (Lipinski definition) is 1. The van der Waals surface area contributed by atoms with Crippen molar-refractivity contribution in [1.29, 1.82) is 0 Å². The lowest BCUT2D eigenvalue weighted by Gasteiger charge is -2.38. The largest absolute Gasteiger partial charge is 0.480 e. The zero-order chi connectivity index (χ0) is 28.8. The van der Waals surface area contributed by atoms with Gasteiger partial charge in [-0.2, -0.15) is 0 Å². The third-order valence-electron chi connectivity index (χ3n) is 9.33. The summed E-state index contributed by atoms with van der Waals surface area (Å²) in [6.07, 6.45) is 1.16. The number of carboxylic acids is 1. The van der Waals surface area contributed by atoms with Gasteiger partial charge in [0.1, 0.15) is 12.1 Å². The van der Waals surface area contributed by atoms with Crippen molar-refractivity contribution in [3.63, 3.8) is 0 Å². The minimum absolute atomic E-state index is 0.0407. The van der Waals surface area contributed by atoms with Crippen molar-refractivity contribution in [2.75, 3.05) is 26.2 Å². The number of carboxylic acid groups (broad SMARTS) is 1.